The van der Waals surface area contributed by atoms with Gasteiger partial charge in [0.15, 0.2) is 11.8 Å². The van der Waals surface area contributed by atoms with Gasteiger partial charge >= 0.3 is 0 Å². The van der Waals surface area contributed by atoms with Crippen LogP contribution in [0.1, 0.15) is 27.7 Å². The number of nitrogens with one attached hydrogen (secondary N) is 2. The molecule has 28 heavy (non-hydrogen) atoms. The van der Waals surface area contributed by atoms with Gasteiger partial charge in [-0.3, -0.25) is 0 Å². The van der Waals surface area contributed by atoms with E-state index in [-0.39, 0.29) is 24.0 Å². The van der Waals surface area contributed by atoms with E-state index in [1.807, 2.05) is 18.5 Å². The fraction of sp³-hybridized carbons (Fsp3) is 0.350. The SMILES string of the molecule is Cc1ccccc1CN=C(NCCc1cccs1)NCc1nnc(C)n1C.I. The molecule has 8 heteroatoms. The van der Waals surface area contributed by atoms with E-state index in [0.29, 0.717) is 13.1 Å². The predicted molar refractivity (Wildman–Crippen MR) is 126 cm³/mol. The fourth-order valence-corrected chi connectivity index (χ4v) is 3.36. The molecule has 150 valence electrons. The van der Waals surface area contributed by atoms with Crippen molar-refractivity contribution in [1.29, 1.82) is 0 Å². The summed E-state index contributed by atoms with van der Waals surface area (Å²) in [6, 6.07) is 12.6. The Kier molecular flexibility index (Phi) is 8.91. The summed E-state index contributed by atoms with van der Waals surface area (Å²) in [6.45, 7) is 6.11. The van der Waals surface area contributed by atoms with E-state index >= 15 is 0 Å². The first-order valence-electron chi connectivity index (χ1n) is 9.07. The molecule has 2 N–H and O–H groups in total. The van der Waals surface area contributed by atoms with Crippen LogP contribution < -0.4 is 10.6 Å². The average molecular weight is 510 g/mol. The van der Waals surface area contributed by atoms with Crippen LogP contribution in [-0.2, 0) is 26.6 Å². The molecule has 0 saturated carbocycles. The van der Waals surface area contributed by atoms with Crippen LogP contribution in [0.5, 0.6) is 0 Å². The van der Waals surface area contributed by atoms with Gasteiger partial charge in [0.25, 0.3) is 0 Å². The lowest BCUT2D eigenvalue weighted by Crippen LogP contribution is -2.38. The molecule has 3 aromatic rings. The van der Waals surface area contributed by atoms with Crippen LogP contribution >= 0.6 is 35.3 Å². The monoisotopic (exact) mass is 510 g/mol. The third kappa shape index (κ3) is 6.30. The summed E-state index contributed by atoms with van der Waals surface area (Å²) in [5.41, 5.74) is 2.48. The molecule has 0 fully saturated rings. The first kappa shape index (κ1) is 22.4. The average Bonchev–Trinajstić information content (AvgIpc) is 3.29. The molecule has 0 aliphatic carbocycles. The molecule has 0 unspecified atom stereocenters. The lowest BCUT2D eigenvalue weighted by molar-refractivity contribution is 0.713. The van der Waals surface area contributed by atoms with Crippen molar-refractivity contribution < 1.29 is 0 Å². The molecule has 2 heterocycles. The Balaban J connectivity index is 0.00000280. The van der Waals surface area contributed by atoms with Crippen molar-refractivity contribution in [2.75, 3.05) is 6.54 Å². The van der Waals surface area contributed by atoms with Crippen molar-refractivity contribution in [3.63, 3.8) is 0 Å². The third-order valence-electron chi connectivity index (χ3n) is 4.51. The number of hydrogen-bond acceptors (Lipinski definition) is 4. The van der Waals surface area contributed by atoms with Crippen molar-refractivity contribution in [2.45, 2.75) is 33.4 Å². The number of aliphatic imine (C=N–C) groups is 1. The zero-order chi connectivity index (χ0) is 19.1. The van der Waals surface area contributed by atoms with Crippen LogP contribution in [0, 0.1) is 13.8 Å². The molecule has 0 saturated heterocycles. The van der Waals surface area contributed by atoms with Crippen LogP contribution in [0.2, 0.25) is 0 Å². The van der Waals surface area contributed by atoms with Gasteiger partial charge in [-0.2, -0.15) is 0 Å². The van der Waals surface area contributed by atoms with E-state index < -0.39 is 0 Å². The van der Waals surface area contributed by atoms with Crippen molar-refractivity contribution in [2.24, 2.45) is 12.0 Å². The Morgan fingerprint density at radius 2 is 1.93 bits per heavy atom. The van der Waals surface area contributed by atoms with Crippen LogP contribution in [0.3, 0.4) is 0 Å². The van der Waals surface area contributed by atoms with Gasteiger partial charge in [-0.1, -0.05) is 30.3 Å². The van der Waals surface area contributed by atoms with Crippen LogP contribution in [-0.4, -0.2) is 27.3 Å². The van der Waals surface area contributed by atoms with E-state index in [1.54, 1.807) is 11.3 Å². The summed E-state index contributed by atoms with van der Waals surface area (Å²) in [4.78, 5) is 6.13. The van der Waals surface area contributed by atoms with Gasteiger partial charge in [-0.15, -0.1) is 45.5 Å². The van der Waals surface area contributed by atoms with Crippen molar-refractivity contribution in [3.05, 3.63) is 69.4 Å². The highest BCUT2D eigenvalue weighted by atomic mass is 127. The Labute approximate surface area is 187 Å². The number of aryl methyl sites for hydroxylation is 2. The van der Waals surface area contributed by atoms with E-state index in [2.05, 4.69) is 69.5 Å². The molecule has 0 atom stereocenters. The minimum Gasteiger partial charge on any atom is -0.356 e. The Morgan fingerprint density at radius 1 is 1.11 bits per heavy atom. The van der Waals surface area contributed by atoms with E-state index in [4.69, 9.17) is 4.99 Å². The molecule has 6 nitrogen and oxygen atoms in total. The summed E-state index contributed by atoms with van der Waals surface area (Å²) in [5, 5.41) is 17.2. The van der Waals surface area contributed by atoms with Crippen LogP contribution in [0.4, 0.5) is 0 Å². The van der Waals surface area contributed by atoms with Crippen molar-refractivity contribution >= 4 is 41.3 Å². The van der Waals surface area contributed by atoms with Gasteiger partial charge in [0.2, 0.25) is 0 Å². The Hall–Kier alpha value is -1.94. The topological polar surface area (TPSA) is 67.1 Å². The smallest absolute Gasteiger partial charge is 0.191 e. The van der Waals surface area contributed by atoms with E-state index in [9.17, 15) is 0 Å². The number of rotatable bonds is 7. The molecule has 1 aromatic carbocycles. The summed E-state index contributed by atoms with van der Waals surface area (Å²) < 4.78 is 1.98. The number of thiophene rings is 1. The van der Waals surface area contributed by atoms with E-state index in [1.165, 1.54) is 16.0 Å². The fourth-order valence-electron chi connectivity index (χ4n) is 2.65. The Bertz CT molecular complexity index is 888. The maximum absolute atomic E-state index is 4.77. The second kappa shape index (κ2) is 11.2. The van der Waals surface area contributed by atoms with Gasteiger partial charge in [0.05, 0.1) is 13.1 Å². The normalized spacial score (nSPS) is 11.2. The molecule has 0 radical (unpaired) electrons. The molecule has 0 spiro atoms. The number of hydrogen-bond donors (Lipinski definition) is 2. The van der Waals surface area contributed by atoms with Crippen LogP contribution in [0.25, 0.3) is 0 Å². The Morgan fingerprint density at radius 3 is 2.61 bits per heavy atom. The van der Waals surface area contributed by atoms with Gasteiger partial charge in [0, 0.05) is 18.5 Å². The largest absolute Gasteiger partial charge is 0.356 e. The molecule has 2 aromatic heterocycles. The standard InChI is InChI=1S/C20H26N6S.HI/c1-15-7-4-5-8-17(15)13-22-20(21-11-10-18-9-6-12-27-18)23-14-19-25-24-16(2)26(19)3;/h4-9,12H,10-11,13-14H2,1-3H3,(H2,21,22,23);1H. The van der Waals surface area contributed by atoms with Crippen LogP contribution in [0.15, 0.2) is 46.8 Å². The second-order valence-corrected chi connectivity index (χ2v) is 7.46. The molecule has 0 aliphatic heterocycles. The number of halogens is 1. The quantitative estimate of drug-likeness (QED) is 0.290. The molecule has 0 amide bonds. The summed E-state index contributed by atoms with van der Waals surface area (Å²) in [5.74, 6) is 2.57. The molecular formula is C20H27IN6S. The highest BCUT2D eigenvalue weighted by molar-refractivity contribution is 14.0. The zero-order valence-electron chi connectivity index (χ0n) is 16.5. The molecule has 3 rings (SSSR count). The van der Waals surface area contributed by atoms with Gasteiger partial charge < -0.3 is 15.2 Å². The highest BCUT2D eigenvalue weighted by Gasteiger charge is 2.07. The molecule has 0 aliphatic rings. The highest BCUT2D eigenvalue weighted by Crippen LogP contribution is 2.09. The van der Waals surface area contributed by atoms with Gasteiger partial charge in [-0.05, 0) is 42.8 Å². The van der Waals surface area contributed by atoms with Gasteiger partial charge in [-0.25, -0.2) is 4.99 Å². The maximum Gasteiger partial charge on any atom is 0.191 e. The zero-order valence-corrected chi connectivity index (χ0v) is 19.6. The number of guanidine groups is 1. The lowest BCUT2D eigenvalue weighted by Gasteiger charge is -2.13. The number of aromatic nitrogens is 3. The summed E-state index contributed by atoms with van der Waals surface area (Å²) in [6.07, 6.45) is 0.978. The minimum absolute atomic E-state index is 0. The predicted octanol–water partition coefficient (Wildman–Crippen LogP) is 3.59. The molecular weight excluding hydrogens is 483 g/mol. The minimum atomic E-state index is 0. The lowest BCUT2D eigenvalue weighted by atomic mass is 10.1. The summed E-state index contributed by atoms with van der Waals surface area (Å²) >= 11 is 1.78. The molecule has 0 bridgehead atoms. The van der Waals surface area contributed by atoms with E-state index in [0.717, 1.165) is 30.6 Å². The van der Waals surface area contributed by atoms with Gasteiger partial charge in [0.1, 0.15) is 5.82 Å². The second-order valence-electron chi connectivity index (χ2n) is 6.42. The summed E-state index contributed by atoms with van der Waals surface area (Å²) in [7, 11) is 1.97. The first-order valence-corrected chi connectivity index (χ1v) is 9.95. The number of nitrogens with zero attached hydrogens (tertiary/aromatic N) is 4. The maximum atomic E-state index is 4.77. The van der Waals surface area contributed by atoms with Crippen molar-refractivity contribution in [1.82, 2.24) is 25.4 Å². The first-order chi connectivity index (χ1) is 13.1. The van der Waals surface area contributed by atoms with Crippen molar-refractivity contribution in [3.8, 4) is 0 Å². The third-order valence-corrected chi connectivity index (χ3v) is 5.45. The number of benzene rings is 1.